The monoisotopic (exact) mass is 273 g/mol. The molecule has 2 heterocycles. The number of piperidine rings is 1. The first-order valence-electron chi connectivity index (χ1n) is 7.12. The molecule has 2 amide bonds. The Balaban J connectivity index is 1.73. The smallest absolute Gasteiger partial charge is 0.242 e. The van der Waals surface area contributed by atoms with E-state index in [0.717, 1.165) is 30.5 Å². The lowest BCUT2D eigenvalue weighted by molar-refractivity contribution is -0.130. The highest BCUT2D eigenvalue weighted by atomic mass is 16.2. The average Bonchev–Trinajstić information content (AvgIpc) is 2.49. The number of hydrogen-bond donors (Lipinski definition) is 3. The molecule has 0 spiro atoms. The van der Waals surface area contributed by atoms with Gasteiger partial charge in [-0.3, -0.25) is 9.59 Å². The van der Waals surface area contributed by atoms with E-state index in [0.29, 0.717) is 13.1 Å². The maximum Gasteiger partial charge on any atom is 0.242 e. The molecule has 2 atom stereocenters. The minimum absolute atomic E-state index is 0.0632. The van der Waals surface area contributed by atoms with E-state index in [-0.39, 0.29) is 23.8 Å². The van der Waals surface area contributed by atoms with Gasteiger partial charge in [-0.25, -0.2) is 0 Å². The second-order valence-electron chi connectivity index (χ2n) is 5.38. The Kier molecular flexibility index (Phi) is 3.69. The van der Waals surface area contributed by atoms with Crippen LogP contribution < -0.4 is 16.0 Å². The third-order valence-corrected chi connectivity index (χ3v) is 4.01. The van der Waals surface area contributed by atoms with E-state index in [1.807, 2.05) is 24.3 Å². The van der Waals surface area contributed by atoms with Crippen molar-refractivity contribution in [2.45, 2.75) is 31.3 Å². The molecule has 0 aromatic heterocycles. The quantitative estimate of drug-likeness (QED) is 0.724. The largest absolute Gasteiger partial charge is 0.354 e. The van der Waals surface area contributed by atoms with Crippen molar-refractivity contribution in [3.05, 3.63) is 35.4 Å². The van der Waals surface area contributed by atoms with Crippen LogP contribution >= 0.6 is 0 Å². The molecule has 20 heavy (non-hydrogen) atoms. The second kappa shape index (κ2) is 5.63. The highest BCUT2D eigenvalue weighted by Gasteiger charge is 2.30. The number of rotatable bonds is 2. The summed E-state index contributed by atoms with van der Waals surface area (Å²) in [6.07, 6.45) is 1.63. The number of carbonyl (C=O) groups is 2. The highest BCUT2D eigenvalue weighted by Crippen LogP contribution is 2.24. The van der Waals surface area contributed by atoms with Gasteiger partial charge in [0.25, 0.3) is 0 Å². The van der Waals surface area contributed by atoms with Crippen molar-refractivity contribution in [3.8, 4) is 0 Å². The molecular weight excluding hydrogens is 254 g/mol. The van der Waals surface area contributed by atoms with Gasteiger partial charge in [0, 0.05) is 19.6 Å². The summed E-state index contributed by atoms with van der Waals surface area (Å²) in [5, 5.41) is 8.94. The fourth-order valence-electron chi connectivity index (χ4n) is 2.91. The first-order valence-corrected chi connectivity index (χ1v) is 7.12. The fraction of sp³-hybridized carbons (Fsp3) is 0.467. The minimum atomic E-state index is -0.384. The molecule has 3 rings (SSSR count). The molecule has 2 aliphatic heterocycles. The second-order valence-corrected chi connectivity index (χ2v) is 5.38. The third kappa shape index (κ3) is 2.54. The SMILES string of the molecule is O=C1NCCCC1NC(=O)C1CNCc2ccccc21. The summed E-state index contributed by atoms with van der Waals surface area (Å²) in [5.41, 5.74) is 2.23. The first-order chi connectivity index (χ1) is 9.75. The van der Waals surface area contributed by atoms with Crippen LogP contribution in [0, 0.1) is 0 Å². The van der Waals surface area contributed by atoms with Crippen molar-refractivity contribution >= 4 is 11.8 Å². The van der Waals surface area contributed by atoms with E-state index >= 15 is 0 Å². The van der Waals surface area contributed by atoms with Crippen molar-refractivity contribution in [2.75, 3.05) is 13.1 Å². The summed E-state index contributed by atoms with van der Waals surface area (Å²) in [4.78, 5) is 24.2. The molecule has 3 N–H and O–H groups in total. The van der Waals surface area contributed by atoms with Gasteiger partial charge in [-0.2, -0.15) is 0 Å². The number of hydrogen-bond acceptors (Lipinski definition) is 3. The lowest BCUT2D eigenvalue weighted by atomic mass is 9.90. The molecule has 106 valence electrons. The Hall–Kier alpha value is -1.88. The average molecular weight is 273 g/mol. The van der Waals surface area contributed by atoms with Crippen LogP contribution in [0.15, 0.2) is 24.3 Å². The topological polar surface area (TPSA) is 70.2 Å². The molecule has 5 heteroatoms. The maximum atomic E-state index is 12.4. The van der Waals surface area contributed by atoms with Crippen LogP contribution in [-0.2, 0) is 16.1 Å². The number of amides is 2. The van der Waals surface area contributed by atoms with Gasteiger partial charge in [-0.1, -0.05) is 24.3 Å². The summed E-state index contributed by atoms with van der Waals surface area (Å²) in [6.45, 7) is 2.13. The lowest BCUT2D eigenvalue weighted by Crippen LogP contribution is -2.52. The fourth-order valence-corrected chi connectivity index (χ4v) is 2.91. The van der Waals surface area contributed by atoms with Gasteiger partial charge in [0.15, 0.2) is 0 Å². The Morgan fingerprint density at radius 1 is 1.30 bits per heavy atom. The Morgan fingerprint density at radius 3 is 3.00 bits per heavy atom. The van der Waals surface area contributed by atoms with Crippen LogP contribution in [0.1, 0.15) is 29.9 Å². The summed E-state index contributed by atoms with van der Waals surface area (Å²) in [5.74, 6) is -0.344. The van der Waals surface area contributed by atoms with Crippen LogP contribution in [0.3, 0.4) is 0 Å². The molecule has 5 nitrogen and oxygen atoms in total. The Bertz CT molecular complexity index is 530. The number of fused-ring (bicyclic) bond motifs is 1. The number of carbonyl (C=O) groups excluding carboxylic acids is 2. The van der Waals surface area contributed by atoms with Crippen LogP contribution in [0.4, 0.5) is 0 Å². The van der Waals surface area contributed by atoms with E-state index < -0.39 is 0 Å². The van der Waals surface area contributed by atoms with Crippen LogP contribution in [0.2, 0.25) is 0 Å². The Morgan fingerprint density at radius 2 is 2.15 bits per heavy atom. The van der Waals surface area contributed by atoms with E-state index in [4.69, 9.17) is 0 Å². The van der Waals surface area contributed by atoms with Gasteiger partial charge in [0.05, 0.1) is 5.92 Å². The van der Waals surface area contributed by atoms with Crippen LogP contribution in [0.25, 0.3) is 0 Å². The van der Waals surface area contributed by atoms with Crippen LogP contribution in [0.5, 0.6) is 0 Å². The molecule has 1 fully saturated rings. The van der Waals surface area contributed by atoms with Crippen molar-refractivity contribution < 1.29 is 9.59 Å². The molecule has 0 radical (unpaired) electrons. The zero-order chi connectivity index (χ0) is 13.9. The first kappa shape index (κ1) is 13.1. The van der Waals surface area contributed by atoms with Gasteiger partial charge in [0.1, 0.15) is 6.04 Å². The Labute approximate surface area is 118 Å². The predicted octanol–water partition coefficient (Wildman–Crippen LogP) is 0.268. The number of benzene rings is 1. The summed E-state index contributed by atoms with van der Waals surface area (Å²) in [6, 6.07) is 7.59. The van der Waals surface area contributed by atoms with E-state index in [1.54, 1.807) is 0 Å². The van der Waals surface area contributed by atoms with E-state index in [1.165, 1.54) is 0 Å². The number of nitrogens with one attached hydrogen (secondary N) is 3. The van der Waals surface area contributed by atoms with E-state index in [9.17, 15) is 9.59 Å². The van der Waals surface area contributed by atoms with Gasteiger partial charge in [-0.15, -0.1) is 0 Å². The molecular formula is C15H19N3O2. The maximum absolute atomic E-state index is 12.4. The van der Waals surface area contributed by atoms with Crippen LogP contribution in [-0.4, -0.2) is 30.9 Å². The van der Waals surface area contributed by atoms with Crippen molar-refractivity contribution in [2.24, 2.45) is 0 Å². The molecule has 1 saturated heterocycles. The summed E-state index contributed by atoms with van der Waals surface area (Å²) >= 11 is 0. The van der Waals surface area contributed by atoms with Gasteiger partial charge >= 0.3 is 0 Å². The zero-order valence-corrected chi connectivity index (χ0v) is 11.3. The third-order valence-electron chi connectivity index (χ3n) is 4.01. The molecule has 0 saturated carbocycles. The molecule has 2 unspecified atom stereocenters. The van der Waals surface area contributed by atoms with Gasteiger partial charge < -0.3 is 16.0 Å². The van der Waals surface area contributed by atoms with Gasteiger partial charge in [0.2, 0.25) is 11.8 Å². The lowest BCUT2D eigenvalue weighted by Gasteiger charge is -2.28. The van der Waals surface area contributed by atoms with Crippen molar-refractivity contribution in [1.82, 2.24) is 16.0 Å². The normalized spacial score (nSPS) is 25.5. The predicted molar refractivity (Wildman–Crippen MR) is 75.1 cm³/mol. The molecule has 1 aromatic rings. The molecule has 2 aliphatic rings. The molecule has 0 aliphatic carbocycles. The van der Waals surface area contributed by atoms with Crippen molar-refractivity contribution in [1.29, 1.82) is 0 Å². The van der Waals surface area contributed by atoms with Crippen molar-refractivity contribution in [3.63, 3.8) is 0 Å². The summed E-state index contributed by atoms with van der Waals surface area (Å²) in [7, 11) is 0. The molecule has 1 aromatic carbocycles. The van der Waals surface area contributed by atoms with Gasteiger partial charge in [-0.05, 0) is 24.0 Å². The highest BCUT2D eigenvalue weighted by molar-refractivity contribution is 5.91. The standard InChI is InChI=1S/C15H19N3O2/c19-14(18-13-6-3-7-17-15(13)20)12-9-16-8-10-4-1-2-5-11(10)12/h1-2,4-5,12-13,16H,3,6-9H2,(H,17,20)(H,18,19). The van der Waals surface area contributed by atoms with E-state index in [2.05, 4.69) is 16.0 Å². The minimum Gasteiger partial charge on any atom is -0.354 e. The summed E-state index contributed by atoms with van der Waals surface area (Å²) < 4.78 is 0. The molecule has 0 bridgehead atoms. The zero-order valence-electron chi connectivity index (χ0n) is 11.3.